The quantitative estimate of drug-likeness (QED) is 0.895. The predicted molar refractivity (Wildman–Crippen MR) is 91.2 cm³/mol. The van der Waals surface area contributed by atoms with E-state index in [0.717, 1.165) is 35.5 Å². The van der Waals surface area contributed by atoms with Crippen molar-refractivity contribution in [2.75, 3.05) is 6.54 Å². The molecule has 1 atom stereocenters. The van der Waals surface area contributed by atoms with Crippen molar-refractivity contribution in [2.45, 2.75) is 44.4 Å². The first-order valence-corrected chi connectivity index (χ1v) is 8.89. The third kappa shape index (κ3) is 1.71. The fraction of sp³-hybridized carbons (Fsp3) is 0.450. The molecule has 2 heterocycles. The lowest BCUT2D eigenvalue weighted by atomic mass is 9.61. The van der Waals surface area contributed by atoms with Gasteiger partial charge in [-0.25, -0.2) is 0 Å². The zero-order valence-electron chi connectivity index (χ0n) is 13.9. The van der Waals surface area contributed by atoms with Crippen LogP contribution >= 0.6 is 0 Å². The van der Waals surface area contributed by atoms with Gasteiger partial charge in [0.15, 0.2) is 11.6 Å². The molecule has 2 aliphatic heterocycles. The van der Waals surface area contributed by atoms with Crippen LogP contribution in [0, 0.1) is 5.41 Å². The molecule has 1 unspecified atom stereocenters. The van der Waals surface area contributed by atoms with E-state index in [-0.39, 0.29) is 10.8 Å². The van der Waals surface area contributed by atoms with Crippen LogP contribution in [0.4, 0.5) is 0 Å². The van der Waals surface area contributed by atoms with Crippen molar-refractivity contribution in [3.8, 4) is 0 Å². The Bertz CT molecular complexity index is 830. The van der Waals surface area contributed by atoms with E-state index in [1.54, 1.807) is 0 Å². The molecule has 4 heteroatoms. The number of rotatable bonds is 2. The lowest BCUT2D eigenvalue weighted by Crippen LogP contribution is -2.45. The molecule has 0 saturated heterocycles. The first-order chi connectivity index (χ1) is 11.7. The summed E-state index contributed by atoms with van der Waals surface area (Å²) in [7, 11) is 0. The number of azo groups is 1. The first-order valence-electron chi connectivity index (χ1n) is 8.89. The topological polar surface area (TPSA) is 53.8 Å². The number of allylic oxidation sites excluding steroid dienone is 2. The second-order valence-corrected chi connectivity index (χ2v) is 7.61. The summed E-state index contributed by atoms with van der Waals surface area (Å²) >= 11 is 0. The van der Waals surface area contributed by atoms with E-state index < -0.39 is 0 Å². The van der Waals surface area contributed by atoms with Gasteiger partial charge in [-0.05, 0) is 36.7 Å². The molecule has 122 valence electrons. The molecule has 0 bridgehead atoms. The number of dihydropyridines is 1. The van der Waals surface area contributed by atoms with Gasteiger partial charge in [0.1, 0.15) is 0 Å². The number of nitrogens with zero attached hydrogens (tertiary/aromatic N) is 2. The highest BCUT2D eigenvalue weighted by Gasteiger charge is 2.55. The normalized spacial score (nSPS) is 29.6. The molecule has 2 aliphatic carbocycles. The molecule has 1 fully saturated rings. The molecular weight excluding hydrogens is 298 g/mol. The van der Waals surface area contributed by atoms with Gasteiger partial charge in [0, 0.05) is 23.3 Å². The summed E-state index contributed by atoms with van der Waals surface area (Å²) in [5.74, 6) is 1.20. The Morgan fingerprint density at radius 2 is 1.96 bits per heavy atom. The molecule has 1 aromatic carbocycles. The maximum Gasteiger partial charge on any atom is 0.162 e. The Morgan fingerprint density at radius 1 is 1.17 bits per heavy atom. The van der Waals surface area contributed by atoms with Crippen LogP contribution in [-0.2, 0) is 10.2 Å². The number of ketones is 1. The molecule has 24 heavy (non-hydrogen) atoms. The molecule has 5 rings (SSSR count). The van der Waals surface area contributed by atoms with Gasteiger partial charge in [-0.1, -0.05) is 37.3 Å². The van der Waals surface area contributed by atoms with Crippen LogP contribution in [-0.4, -0.2) is 12.3 Å². The van der Waals surface area contributed by atoms with Gasteiger partial charge in [0.2, 0.25) is 0 Å². The van der Waals surface area contributed by atoms with Crippen molar-refractivity contribution in [2.24, 2.45) is 15.6 Å². The van der Waals surface area contributed by atoms with E-state index in [2.05, 4.69) is 46.7 Å². The minimum atomic E-state index is -0.367. The van der Waals surface area contributed by atoms with E-state index in [1.165, 1.54) is 18.4 Å². The number of Topliss-reactive ketones (excluding diaryl/α,β-unsaturated/α-hetero) is 1. The maximum atomic E-state index is 13.2. The molecule has 4 nitrogen and oxygen atoms in total. The van der Waals surface area contributed by atoms with Crippen LogP contribution < -0.4 is 5.32 Å². The van der Waals surface area contributed by atoms with Crippen molar-refractivity contribution < 1.29 is 4.79 Å². The Balaban J connectivity index is 1.76. The maximum absolute atomic E-state index is 13.2. The van der Waals surface area contributed by atoms with E-state index >= 15 is 0 Å². The lowest BCUT2D eigenvalue weighted by Gasteiger charge is -2.44. The predicted octanol–water partition coefficient (Wildman–Crippen LogP) is 4.01. The van der Waals surface area contributed by atoms with Gasteiger partial charge in [-0.15, -0.1) is 5.11 Å². The average molecular weight is 319 g/mol. The SMILES string of the molecule is CCC1(c2ccccc2)C2=C(N=NC2)NC2=C1C(=O)CC1(CC1)C2. The van der Waals surface area contributed by atoms with Gasteiger partial charge in [0.05, 0.1) is 12.0 Å². The number of hydrogen-bond donors (Lipinski definition) is 1. The van der Waals surface area contributed by atoms with Crippen molar-refractivity contribution in [1.82, 2.24) is 5.32 Å². The second kappa shape index (κ2) is 4.65. The average Bonchev–Trinajstić information content (AvgIpc) is 3.15. The molecule has 0 aromatic heterocycles. The summed E-state index contributed by atoms with van der Waals surface area (Å²) in [6.07, 6.45) is 4.90. The van der Waals surface area contributed by atoms with Crippen molar-refractivity contribution >= 4 is 5.78 Å². The highest BCUT2D eigenvalue weighted by Crippen LogP contribution is 2.60. The van der Waals surface area contributed by atoms with E-state index in [4.69, 9.17) is 0 Å². The van der Waals surface area contributed by atoms with Crippen LogP contribution in [0.25, 0.3) is 0 Å². The van der Waals surface area contributed by atoms with E-state index in [9.17, 15) is 4.79 Å². The van der Waals surface area contributed by atoms with Crippen LogP contribution in [0.2, 0.25) is 0 Å². The van der Waals surface area contributed by atoms with Gasteiger partial charge in [-0.2, -0.15) is 5.11 Å². The lowest BCUT2D eigenvalue weighted by molar-refractivity contribution is -0.118. The summed E-state index contributed by atoms with van der Waals surface area (Å²) in [6, 6.07) is 10.5. The molecule has 4 aliphatic rings. The minimum absolute atomic E-state index is 0.229. The zero-order chi connectivity index (χ0) is 16.4. The molecule has 1 spiro atoms. The third-order valence-corrected chi connectivity index (χ3v) is 6.32. The molecular formula is C20H21N3O. The molecule has 0 radical (unpaired) electrons. The summed E-state index contributed by atoms with van der Waals surface area (Å²) in [5.41, 5.74) is 4.31. The van der Waals surface area contributed by atoms with Gasteiger partial charge >= 0.3 is 0 Å². The zero-order valence-corrected chi connectivity index (χ0v) is 13.9. The Labute approximate surface area is 141 Å². The minimum Gasteiger partial charge on any atom is -0.342 e. The number of carbonyl (C=O) groups excluding carboxylic acids is 1. The number of nitrogens with one attached hydrogen (secondary N) is 1. The fourth-order valence-corrected chi connectivity index (χ4v) is 4.93. The van der Waals surface area contributed by atoms with Gasteiger partial charge in [-0.3, -0.25) is 4.79 Å². The summed E-state index contributed by atoms with van der Waals surface area (Å²) in [6.45, 7) is 2.76. The standard InChI is InChI=1S/C20H21N3O/c1-2-20(13-6-4-3-5-7-13)14-12-21-23-18(14)22-15-10-19(8-9-19)11-16(24)17(15)20/h3-7,22H,2,8-12H2,1H3. The van der Waals surface area contributed by atoms with E-state index in [1.807, 2.05) is 6.07 Å². The highest BCUT2D eigenvalue weighted by molar-refractivity contribution is 6.01. The number of hydrogen-bond acceptors (Lipinski definition) is 4. The fourth-order valence-electron chi connectivity index (χ4n) is 4.93. The summed E-state index contributed by atoms with van der Waals surface area (Å²) < 4.78 is 0. The highest BCUT2D eigenvalue weighted by atomic mass is 16.1. The van der Waals surface area contributed by atoms with Crippen LogP contribution in [0.15, 0.2) is 63.2 Å². The third-order valence-electron chi connectivity index (χ3n) is 6.32. The van der Waals surface area contributed by atoms with Gasteiger partial charge in [0.25, 0.3) is 0 Å². The molecule has 1 N–H and O–H groups in total. The summed E-state index contributed by atoms with van der Waals surface area (Å²) in [4.78, 5) is 13.2. The Hall–Kier alpha value is -2.23. The smallest absolute Gasteiger partial charge is 0.162 e. The van der Waals surface area contributed by atoms with Crippen molar-refractivity contribution in [3.63, 3.8) is 0 Å². The Kier molecular flexibility index (Phi) is 2.74. The van der Waals surface area contributed by atoms with Crippen LogP contribution in [0.5, 0.6) is 0 Å². The van der Waals surface area contributed by atoms with E-state index in [0.29, 0.717) is 18.7 Å². The Morgan fingerprint density at radius 3 is 2.67 bits per heavy atom. The number of benzene rings is 1. The monoisotopic (exact) mass is 319 g/mol. The largest absolute Gasteiger partial charge is 0.342 e. The van der Waals surface area contributed by atoms with Crippen LogP contribution in [0.1, 0.15) is 44.6 Å². The van der Waals surface area contributed by atoms with Crippen molar-refractivity contribution in [3.05, 3.63) is 58.6 Å². The molecule has 1 aromatic rings. The first kappa shape index (κ1) is 14.1. The van der Waals surface area contributed by atoms with Crippen LogP contribution in [0.3, 0.4) is 0 Å². The second-order valence-electron chi connectivity index (χ2n) is 7.61. The molecule has 1 saturated carbocycles. The summed E-state index contributed by atoms with van der Waals surface area (Å²) in [5, 5.41) is 12.1. The number of carbonyl (C=O) groups is 1. The molecule has 0 amide bonds. The van der Waals surface area contributed by atoms with Gasteiger partial charge < -0.3 is 5.32 Å². The van der Waals surface area contributed by atoms with Crippen molar-refractivity contribution in [1.29, 1.82) is 0 Å².